The monoisotopic (exact) mass is 246 g/mol. The summed E-state index contributed by atoms with van der Waals surface area (Å²) >= 11 is 1.54. The van der Waals surface area contributed by atoms with Gasteiger partial charge in [-0.15, -0.1) is 0 Å². The third-order valence-electron chi connectivity index (χ3n) is 3.09. The first-order chi connectivity index (χ1) is 7.67. The van der Waals surface area contributed by atoms with E-state index in [9.17, 15) is 5.11 Å². The zero-order valence-electron chi connectivity index (χ0n) is 9.46. The van der Waals surface area contributed by atoms with Crippen LogP contribution < -0.4 is 5.32 Å². The molecule has 0 amide bonds. The normalized spacial score (nSPS) is 45.5. The number of hydrogen-bond acceptors (Lipinski definition) is 5. The molecule has 0 aliphatic carbocycles. The van der Waals surface area contributed by atoms with Gasteiger partial charge in [0, 0.05) is 12.5 Å². The number of hydrogen-bond donors (Lipinski definition) is 3. The van der Waals surface area contributed by atoms with E-state index in [0.717, 1.165) is 11.7 Å². The van der Waals surface area contributed by atoms with Crippen molar-refractivity contribution < 1.29 is 14.9 Å². The molecule has 0 radical (unpaired) electrons. The van der Waals surface area contributed by atoms with Crippen LogP contribution in [0.2, 0.25) is 0 Å². The molecular formula is C10H18N2O3S. The lowest BCUT2D eigenvalue weighted by molar-refractivity contribution is -0.138. The van der Waals surface area contributed by atoms with Crippen LogP contribution in [0.4, 0.5) is 0 Å². The van der Waals surface area contributed by atoms with Crippen molar-refractivity contribution in [1.29, 1.82) is 0 Å². The van der Waals surface area contributed by atoms with Crippen LogP contribution >= 0.6 is 11.8 Å². The summed E-state index contributed by atoms with van der Waals surface area (Å²) in [5.41, 5.74) is -0.0548. The van der Waals surface area contributed by atoms with Gasteiger partial charge in [-0.2, -0.15) is 0 Å². The van der Waals surface area contributed by atoms with E-state index in [1.807, 2.05) is 13.8 Å². The molecule has 2 rings (SSSR count). The van der Waals surface area contributed by atoms with Crippen LogP contribution in [0.25, 0.3) is 0 Å². The Bertz CT molecular complexity index is 287. The second-order valence-electron chi connectivity index (χ2n) is 4.14. The Balaban J connectivity index is 2.10. The van der Waals surface area contributed by atoms with Crippen molar-refractivity contribution in [2.24, 2.45) is 10.9 Å². The van der Waals surface area contributed by atoms with Crippen molar-refractivity contribution in [3.05, 3.63) is 0 Å². The second-order valence-corrected chi connectivity index (χ2v) is 5.23. The van der Waals surface area contributed by atoms with Crippen molar-refractivity contribution in [2.45, 2.75) is 37.5 Å². The number of aliphatic hydroxyl groups is 2. The largest absolute Gasteiger partial charge is 0.394 e. The van der Waals surface area contributed by atoms with E-state index in [2.05, 4.69) is 10.3 Å². The number of nitrogens with one attached hydrogen (secondary N) is 1. The Hall–Kier alpha value is -0.300. The standard InChI is InChI=1S/C10H18N2O3S/c1-3-11-10-12-7-5(2)8(14)6(4-13)15-9(7)16-10/h5-9,13-14H,3-4H2,1-2H3,(H,11,12). The Morgan fingerprint density at radius 3 is 2.94 bits per heavy atom. The highest BCUT2D eigenvalue weighted by atomic mass is 32.2. The molecule has 3 N–H and O–H groups in total. The summed E-state index contributed by atoms with van der Waals surface area (Å²) in [5, 5.41) is 23.2. The van der Waals surface area contributed by atoms with Gasteiger partial charge in [0.1, 0.15) is 11.5 Å². The molecule has 0 saturated carbocycles. The van der Waals surface area contributed by atoms with Crippen molar-refractivity contribution in [3.8, 4) is 0 Å². The first kappa shape index (κ1) is 12.2. The molecule has 16 heavy (non-hydrogen) atoms. The van der Waals surface area contributed by atoms with Crippen molar-refractivity contribution >= 4 is 16.9 Å². The third-order valence-corrected chi connectivity index (χ3v) is 4.19. The fourth-order valence-electron chi connectivity index (χ4n) is 2.10. The molecule has 6 heteroatoms. The van der Waals surface area contributed by atoms with Crippen LogP contribution in [0, 0.1) is 5.92 Å². The molecule has 0 bridgehead atoms. The highest BCUT2D eigenvalue weighted by Gasteiger charge is 2.47. The molecule has 0 aromatic carbocycles. The number of fused-ring (bicyclic) bond motifs is 1. The Kier molecular flexibility index (Phi) is 3.73. The quantitative estimate of drug-likeness (QED) is 0.628. The molecule has 5 nitrogen and oxygen atoms in total. The maximum Gasteiger partial charge on any atom is 0.159 e. The minimum Gasteiger partial charge on any atom is -0.394 e. The summed E-state index contributed by atoms with van der Waals surface area (Å²) in [5.74, 6) is 0.0490. The van der Waals surface area contributed by atoms with Gasteiger partial charge < -0.3 is 20.3 Å². The molecule has 5 unspecified atom stereocenters. The number of thioether (sulfide) groups is 1. The number of nitrogens with zero attached hydrogens (tertiary/aromatic N) is 1. The van der Waals surface area contributed by atoms with Crippen LogP contribution in [0.1, 0.15) is 13.8 Å². The average Bonchev–Trinajstić information content (AvgIpc) is 2.67. The molecule has 2 aliphatic heterocycles. The highest BCUT2D eigenvalue weighted by Crippen LogP contribution is 2.36. The summed E-state index contributed by atoms with van der Waals surface area (Å²) in [6.45, 7) is 4.54. The van der Waals surface area contributed by atoms with E-state index >= 15 is 0 Å². The lowest BCUT2D eigenvalue weighted by atomic mass is 9.90. The number of aliphatic imine (C=N–C) groups is 1. The smallest absolute Gasteiger partial charge is 0.159 e. The molecule has 2 aliphatic rings. The zero-order chi connectivity index (χ0) is 11.7. The average molecular weight is 246 g/mol. The van der Waals surface area contributed by atoms with Gasteiger partial charge in [-0.05, 0) is 6.92 Å². The molecule has 2 saturated heterocycles. The van der Waals surface area contributed by atoms with Gasteiger partial charge in [0.05, 0.1) is 18.8 Å². The number of ether oxygens (including phenoxy) is 1. The van der Waals surface area contributed by atoms with Gasteiger partial charge >= 0.3 is 0 Å². The van der Waals surface area contributed by atoms with E-state index in [1.165, 1.54) is 11.8 Å². The lowest BCUT2D eigenvalue weighted by Crippen LogP contribution is -2.55. The van der Waals surface area contributed by atoms with Crippen LogP contribution in [-0.4, -0.2) is 52.2 Å². The highest BCUT2D eigenvalue weighted by molar-refractivity contribution is 8.14. The van der Waals surface area contributed by atoms with Crippen molar-refractivity contribution in [1.82, 2.24) is 5.32 Å². The second kappa shape index (κ2) is 4.91. The summed E-state index contributed by atoms with van der Waals surface area (Å²) in [7, 11) is 0. The molecular weight excluding hydrogens is 228 g/mol. The number of amidine groups is 1. The van der Waals surface area contributed by atoms with Crippen LogP contribution in [-0.2, 0) is 4.74 Å². The number of aliphatic hydroxyl groups excluding tert-OH is 2. The van der Waals surface area contributed by atoms with Gasteiger partial charge in [-0.25, -0.2) is 0 Å². The topological polar surface area (TPSA) is 74.1 Å². The van der Waals surface area contributed by atoms with E-state index in [0.29, 0.717) is 0 Å². The van der Waals surface area contributed by atoms with Crippen LogP contribution in [0.5, 0.6) is 0 Å². The first-order valence-electron chi connectivity index (χ1n) is 5.59. The minimum absolute atomic E-state index is 0.0490. The van der Waals surface area contributed by atoms with E-state index in [4.69, 9.17) is 9.84 Å². The van der Waals surface area contributed by atoms with Crippen LogP contribution in [0.15, 0.2) is 4.99 Å². The molecule has 0 aromatic heterocycles. The van der Waals surface area contributed by atoms with Gasteiger partial charge in [0.25, 0.3) is 0 Å². The fraction of sp³-hybridized carbons (Fsp3) is 0.900. The molecule has 2 fully saturated rings. The summed E-state index contributed by atoms with van der Waals surface area (Å²) < 4.78 is 5.64. The van der Waals surface area contributed by atoms with Crippen molar-refractivity contribution in [3.63, 3.8) is 0 Å². The zero-order valence-corrected chi connectivity index (χ0v) is 10.3. The SMILES string of the molecule is CCN=C1NC2C(OC(CO)C(O)C2C)S1. The van der Waals surface area contributed by atoms with Gasteiger partial charge in [0.2, 0.25) is 0 Å². The molecule has 5 atom stereocenters. The van der Waals surface area contributed by atoms with Gasteiger partial charge in [0.15, 0.2) is 5.17 Å². The molecule has 2 heterocycles. The Morgan fingerprint density at radius 1 is 1.56 bits per heavy atom. The Labute approximate surface area is 99.3 Å². The van der Waals surface area contributed by atoms with E-state index < -0.39 is 12.2 Å². The maximum absolute atomic E-state index is 9.93. The maximum atomic E-state index is 9.93. The van der Waals surface area contributed by atoms with E-state index in [1.54, 1.807) is 0 Å². The minimum atomic E-state index is -0.625. The van der Waals surface area contributed by atoms with Crippen LogP contribution in [0.3, 0.4) is 0 Å². The summed E-state index contributed by atoms with van der Waals surface area (Å²) in [4.78, 5) is 4.30. The first-order valence-corrected chi connectivity index (χ1v) is 6.47. The van der Waals surface area contributed by atoms with Gasteiger partial charge in [-0.1, -0.05) is 18.7 Å². The lowest BCUT2D eigenvalue weighted by Gasteiger charge is -2.39. The number of rotatable bonds is 2. The summed E-state index contributed by atoms with van der Waals surface area (Å²) in [6.07, 6.45) is -1.10. The predicted octanol–water partition coefficient (Wildman–Crippen LogP) is -0.218. The van der Waals surface area contributed by atoms with Gasteiger partial charge in [-0.3, -0.25) is 4.99 Å². The molecule has 92 valence electrons. The summed E-state index contributed by atoms with van der Waals surface area (Å²) in [6, 6.07) is 0.0769. The molecule has 0 spiro atoms. The fourth-order valence-corrected chi connectivity index (χ4v) is 3.39. The molecule has 0 aromatic rings. The van der Waals surface area contributed by atoms with E-state index in [-0.39, 0.29) is 24.0 Å². The predicted molar refractivity (Wildman–Crippen MR) is 63.4 cm³/mol. The Morgan fingerprint density at radius 2 is 2.31 bits per heavy atom. The third kappa shape index (κ3) is 2.07. The van der Waals surface area contributed by atoms with Crippen molar-refractivity contribution in [2.75, 3.05) is 13.2 Å².